The molecule has 2 rings (SSSR count). The van der Waals surface area contributed by atoms with Gasteiger partial charge in [-0.1, -0.05) is 20.3 Å². The van der Waals surface area contributed by atoms with Crippen molar-refractivity contribution in [3.05, 3.63) is 31.0 Å². The highest BCUT2D eigenvalue weighted by Gasteiger charge is 1.86. The zero-order valence-corrected chi connectivity index (χ0v) is 7.44. The van der Waals surface area contributed by atoms with E-state index in [1.807, 2.05) is 16.7 Å². The number of imidazole rings is 1. The summed E-state index contributed by atoms with van der Waals surface area (Å²) in [6.45, 7) is 4.25. The average molecular weight is 163 g/mol. The largest absolute Gasteiger partial charge is 0.290 e. The highest BCUT2D eigenvalue weighted by Crippen LogP contribution is 1.94. The van der Waals surface area contributed by atoms with Gasteiger partial charge in [0.1, 0.15) is 12.0 Å². The Kier molecular flexibility index (Phi) is 3.26. The van der Waals surface area contributed by atoms with E-state index in [9.17, 15) is 0 Å². The first-order chi connectivity index (χ1) is 5.88. The molecule has 3 nitrogen and oxygen atoms in total. The van der Waals surface area contributed by atoms with Crippen molar-refractivity contribution in [2.75, 3.05) is 0 Å². The first-order valence-electron chi connectivity index (χ1n) is 4.11. The SMILES string of the molecule is CCC.c1cc2nccn2cn1. The molecular formula is C9H13N3. The number of hydrogen-bond acceptors (Lipinski definition) is 2. The molecule has 0 aliphatic rings. The molecule has 0 fully saturated rings. The Morgan fingerprint density at radius 3 is 2.75 bits per heavy atom. The van der Waals surface area contributed by atoms with Crippen LogP contribution in [0, 0.1) is 0 Å². The van der Waals surface area contributed by atoms with Crippen LogP contribution in [-0.4, -0.2) is 14.4 Å². The molecule has 0 aromatic carbocycles. The molecule has 2 aromatic rings. The van der Waals surface area contributed by atoms with E-state index in [0.717, 1.165) is 5.65 Å². The van der Waals surface area contributed by atoms with Crippen LogP contribution in [0.15, 0.2) is 31.0 Å². The van der Waals surface area contributed by atoms with E-state index < -0.39 is 0 Å². The van der Waals surface area contributed by atoms with E-state index in [1.54, 1.807) is 18.7 Å². The first-order valence-corrected chi connectivity index (χ1v) is 4.11. The van der Waals surface area contributed by atoms with Gasteiger partial charge in [0.2, 0.25) is 0 Å². The Morgan fingerprint density at radius 2 is 2.08 bits per heavy atom. The van der Waals surface area contributed by atoms with Crippen molar-refractivity contribution in [2.45, 2.75) is 20.3 Å². The Morgan fingerprint density at radius 1 is 1.33 bits per heavy atom. The van der Waals surface area contributed by atoms with Crippen molar-refractivity contribution in [3.8, 4) is 0 Å². The second-order valence-electron chi connectivity index (χ2n) is 2.48. The summed E-state index contributed by atoms with van der Waals surface area (Å²) in [6, 6.07) is 1.86. The molecule has 0 amide bonds. The van der Waals surface area contributed by atoms with Crippen molar-refractivity contribution in [1.29, 1.82) is 0 Å². The van der Waals surface area contributed by atoms with Gasteiger partial charge in [-0.05, 0) is 6.07 Å². The lowest BCUT2D eigenvalue weighted by Crippen LogP contribution is -1.81. The van der Waals surface area contributed by atoms with Gasteiger partial charge in [0.05, 0.1) is 0 Å². The van der Waals surface area contributed by atoms with Crippen LogP contribution >= 0.6 is 0 Å². The quantitative estimate of drug-likeness (QED) is 0.595. The minimum atomic E-state index is 0.935. The summed E-state index contributed by atoms with van der Waals surface area (Å²) >= 11 is 0. The van der Waals surface area contributed by atoms with Gasteiger partial charge < -0.3 is 0 Å². The van der Waals surface area contributed by atoms with Gasteiger partial charge in [0, 0.05) is 18.6 Å². The van der Waals surface area contributed by atoms with Gasteiger partial charge in [0.15, 0.2) is 0 Å². The van der Waals surface area contributed by atoms with E-state index in [4.69, 9.17) is 0 Å². The predicted molar refractivity (Wildman–Crippen MR) is 49.0 cm³/mol. The van der Waals surface area contributed by atoms with E-state index in [-0.39, 0.29) is 0 Å². The molecule has 0 saturated carbocycles. The van der Waals surface area contributed by atoms with Gasteiger partial charge in [-0.2, -0.15) is 0 Å². The zero-order valence-electron chi connectivity index (χ0n) is 7.44. The van der Waals surface area contributed by atoms with Crippen LogP contribution in [0.5, 0.6) is 0 Å². The maximum Gasteiger partial charge on any atom is 0.139 e. The number of aromatic nitrogens is 3. The van der Waals surface area contributed by atoms with Crippen LogP contribution in [0.25, 0.3) is 5.65 Å². The summed E-state index contributed by atoms with van der Waals surface area (Å²) in [5.41, 5.74) is 0.935. The molecule has 3 heteroatoms. The predicted octanol–water partition coefficient (Wildman–Crippen LogP) is 2.15. The lowest BCUT2D eigenvalue weighted by Gasteiger charge is -1.85. The molecule has 64 valence electrons. The van der Waals surface area contributed by atoms with Crippen LogP contribution in [0.2, 0.25) is 0 Å². The maximum absolute atomic E-state index is 4.04. The van der Waals surface area contributed by atoms with E-state index in [0.29, 0.717) is 0 Å². The molecule has 0 bridgehead atoms. The second-order valence-corrected chi connectivity index (χ2v) is 2.48. The Balaban J connectivity index is 0.000000213. The Hall–Kier alpha value is -1.38. The number of fused-ring (bicyclic) bond motifs is 1. The maximum atomic E-state index is 4.04. The van der Waals surface area contributed by atoms with Crippen molar-refractivity contribution in [3.63, 3.8) is 0 Å². The third-order valence-corrected chi connectivity index (χ3v) is 1.20. The fourth-order valence-corrected chi connectivity index (χ4v) is 0.771. The van der Waals surface area contributed by atoms with Gasteiger partial charge in [0.25, 0.3) is 0 Å². The molecule has 0 atom stereocenters. The second kappa shape index (κ2) is 4.49. The number of hydrogen-bond donors (Lipinski definition) is 0. The molecular weight excluding hydrogens is 150 g/mol. The third-order valence-electron chi connectivity index (χ3n) is 1.20. The lowest BCUT2D eigenvalue weighted by molar-refractivity contribution is 1.09. The van der Waals surface area contributed by atoms with E-state index in [2.05, 4.69) is 23.8 Å². The molecule has 2 aromatic heterocycles. The summed E-state index contributed by atoms with van der Waals surface area (Å²) in [7, 11) is 0. The highest BCUT2D eigenvalue weighted by atomic mass is 15.0. The molecule has 0 aliphatic carbocycles. The fourth-order valence-electron chi connectivity index (χ4n) is 0.771. The topological polar surface area (TPSA) is 30.2 Å². The van der Waals surface area contributed by atoms with Crippen molar-refractivity contribution in [2.24, 2.45) is 0 Å². The molecule has 0 spiro atoms. The van der Waals surface area contributed by atoms with Gasteiger partial charge >= 0.3 is 0 Å². The molecule has 12 heavy (non-hydrogen) atoms. The number of nitrogens with zero attached hydrogens (tertiary/aromatic N) is 3. The van der Waals surface area contributed by atoms with Crippen LogP contribution in [0.3, 0.4) is 0 Å². The van der Waals surface area contributed by atoms with Crippen LogP contribution in [0.1, 0.15) is 20.3 Å². The summed E-state index contributed by atoms with van der Waals surface area (Å²) in [5.74, 6) is 0. The van der Waals surface area contributed by atoms with Gasteiger partial charge in [-0.15, -0.1) is 0 Å². The normalized spacial score (nSPS) is 9.17. The molecule has 0 unspecified atom stereocenters. The highest BCUT2D eigenvalue weighted by molar-refractivity contribution is 5.34. The van der Waals surface area contributed by atoms with Crippen LogP contribution in [0.4, 0.5) is 0 Å². The van der Waals surface area contributed by atoms with Crippen LogP contribution in [-0.2, 0) is 0 Å². The molecule has 0 aliphatic heterocycles. The van der Waals surface area contributed by atoms with Gasteiger partial charge in [-0.25, -0.2) is 9.97 Å². The standard InChI is InChI=1S/C6H5N3.C3H8/c1-2-7-5-9-4-3-8-6(1)9;1-3-2/h1-5H;3H2,1-2H3. The molecule has 2 heterocycles. The van der Waals surface area contributed by atoms with Gasteiger partial charge in [-0.3, -0.25) is 4.40 Å². The third kappa shape index (κ3) is 2.05. The van der Waals surface area contributed by atoms with Crippen LogP contribution < -0.4 is 0 Å². The minimum Gasteiger partial charge on any atom is -0.290 e. The summed E-state index contributed by atoms with van der Waals surface area (Å²) in [5, 5.41) is 0. The van der Waals surface area contributed by atoms with Crippen molar-refractivity contribution < 1.29 is 0 Å². The smallest absolute Gasteiger partial charge is 0.139 e. The lowest BCUT2D eigenvalue weighted by atomic mass is 10.6. The van der Waals surface area contributed by atoms with E-state index in [1.165, 1.54) is 6.42 Å². The van der Waals surface area contributed by atoms with E-state index >= 15 is 0 Å². The number of rotatable bonds is 0. The molecule has 0 radical (unpaired) electrons. The molecule has 0 N–H and O–H groups in total. The zero-order chi connectivity index (χ0) is 8.81. The summed E-state index contributed by atoms with van der Waals surface area (Å²) < 4.78 is 1.86. The Labute approximate surface area is 72.1 Å². The Bertz CT molecular complexity index is 297. The van der Waals surface area contributed by atoms with Crippen molar-refractivity contribution in [1.82, 2.24) is 14.4 Å². The first kappa shape index (κ1) is 8.71. The summed E-state index contributed by atoms with van der Waals surface area (Å²) in [4.78, 5) is 7.95. The molecule has 0 saturated heterocycles. The van der Waals surface area contributed by atoms with Crippen molar-refractivity contribution >= 4 is 5.65 Å². The monoisotopic (exact) mass is 163 g/mol. The fraction of sp³-hybridized carbons (Fsp3) is 0.333. The summed E-state index contributed by atoms with van der Waals surface area (Å²) in [6.07, 6.45) is 8.31. The minimum absolute atomic E-state index is 0.935. The average Bonchev–Trinajstić information content (AvgIpc) is 2.52.